The summed E-state index contributed by atoms with van der Waals surface area (Å²) in [6.07, 6.45) is 2.18. The number of ether oxygens (including phenoxy) is 1. The van der Waals surface area contributed by atoms with Gasteiger partial charge in [-0.25, -0.2) is 4.41 Å². The van der Waals surface area contributed by atoms with E-state index in [0.29, 0.717) is 13.0 Å². The predicted molar refractivity (Wildman–Crippen MR) is 80.4 cm³/mol. The van der Waals surface area contributed by atoms with Gasteiger partial charge in [0, 0.05) is 25.6 Å². The summed E-state index contributed by atoms with van der Waals surface area (Å²) in [5.74, 6) is 0.927. The van der Waals surface area contributed by atoms with Crippen LogP contribution >= 0.6 is 12.1 Å². The molecule has 7 nitrogen and oxygen atoms in total. The van der Waals surface area contributed by atoms with Crippen LogP contribution < -0.4 is 10.1 Å². The number of fused-ring (bicyclic) bond motifs is 1. The molecule has 0 aliphatic carbocycles. The van der Waals surface area contributed by atoms with Crippen LogP contribution in [0.25, 0.3) is 0 Å². The number of hydrogen-bond acceptors (Lipinski definition) is 7. The lowest BCUT2D eigenvalue weighted by atomic mass is 10.0. The fourth-order valence-corrected chi connectivity index (χ4v) is 2.81. The number of carbonyl (C=O) groups is 1. The Labute approximate surface area is 127 Å². The zero-order valence-electron chi connectivity index (χ0n) is 11.8. The topological polar surface area (TPSA) is 69.5 Å². The molecule has 0 atom stereocenters. The summed E-state index contributed by atoms with van der Waals surface area (Å²) in [5, 5.41) is 10.7. The molecule has 3 rings (SSSR count). The van der Waals surface area contributed by atoms with Gasteiger partial charge < -0.3 is 10.1 Å². The summed E-state index contributed by atoms with van der Waals surface area (Å²) < 4.78 is 9.28. The molecule has 21 heavy (non-hydrogen) atoms. The third kappa shape index (κ3) is 3.57. The highest BCUT2D eigenvalue weighted by Crippen LogP contribution is 2.27. The third-order valence-electron chi connectivity index (χ3n) is 3.21. The van der Waals surface area contributed by atoms with Gasteiger partial charge in [0.1, 0.15) is 17.9 Å². The highest BCUT2D eigenvalue weighted by molar-refractivity contribution is 7.94. The smallest absolute Gasteiger partial charge is 0.224 e. The number of nitrogens with zero attached hydrogens (tertiary/aromatic N) is 4. The monoisotopic (exact) mass is 307 g/mol. The Morgan fingerprint density at radius 1 is 1.38 bits per heavy atom. The van der Waals surface area contributed by atoms with Crippen LogP contribution in [0, 0.1) is 0 Å². The van der Waals surface area contributed by atoms with Crippen molar-refractivity contribution in [2.75, 3.05) is 25.5 Å². The van der Waals surface area contributed by atoms with Gasteiger partial charge in [0.05, 0.1) is 13.2 Å². The molecule has 0 unspecified atom stereocenters. The lowest BCUT2D eigenvalue weighted by Crippen LogP contribution is -2.18. The molecule has 0 aromatic heterocycles. The maximum Gasteiger partial charge on any atom is 0.224 e. The Morgan fingerprint density at radius 3 is 3.10 bits per heavy atom. The van der Waals surface area contributed by atoms with Crippen LogP contribution in [0.2, 0.25) is 0 Å². The summed E-state index contributed by atoms with van der Waals surface area (Å²) in [6, 6.07) is 5.80. The van der Waals surface area contributed by atoms with Crippen molar-refractivity contribution < 1.29 is 9.53 Å². The number of amides is 1. The molecular formula is C13H17N5O2S. The lowest BCUT2D eigenvalue weighted by molar-refractivity contribution is -0.116. The number of benzene rings is 1. The summed E-state index contributed by atoms with van der Waals surface area (Å²) in [5.41, 5.74) is 2.04. The van der Waals surface area contributed by atoms with Crippen molar-refractivity contribution in [1.29, 1.82) is 0 Å². The SMILES string of the molecule is CN1N=NN(CCCOc2ccc3c(c2)CCC(=O)N3)S1. The van der Waals surface area contributed by atoms with Crippen LogP contribution in [0.3, 0.4) is 0 Å². The molecule has 2 heterocycles. The van der Waals surface area contributed by atoms with Crippen molar-refractivity contribution in [3.63, 3.8) is 0 Å². The van der Waals surface area contributed by atoms with Crippen LogP contribution in [-0.4, -0.2) is 34.9 Å². The first-order chi connectivity index (χ1) is 10.2. The molecule has 0 bridgehead atoms. The lowest BCUT2D eigenvalue weighted by Gasteiger charge is -2.18. The largest absolute Gasteiger partial charge is 0.494 e. The molecule has 112 valence electrons. The first-order valence-electron chi connectivity index (χ1n) is 6.87. The van der Waals surface area contributed by atoms with E-state index in [9.17, 15) is 4.79 Å². The van der Waals surface area contributed by atoms with E-state index >= 15 is 0 Å². The third-order valence-corrected chi connectivity index (χ3v) is 3.97. The van der Waals surface area contributed by atoms with Gasteiger partial charge in [-0.2, -0.15) is 4.41 Å². The Morgan fingerprint density at radius 2 is 2.29 bits per heavy atom. The number of nitrogens with one attached hydrogen (secondary N) is 1. The average Bonchev–Trinajstić information content (AvgIpc) is 2.89. The zero-order valence-corrected chi connectivity index (χ0v) is 12.6. The second-order valence-corrected chi connectivity index (χ2v) is 5.98. The molecule has 1 aromatic rings. The van der Waals surface area contributed by atoms with E-state index in [-0.39, 0.29) is 5.91 Å². The van der Waals surface area contributed by atoms with Crippen molar-refractivity contribution in [2.45, 2.75) is 19.3 Å². The van der Waals surface area contributed by atoms with Crippen molar-refractivity contribution in [3.8, 4) is 5.75 Å². The average molecular weight is 307 g/mol. The quantitative estimate of drug-likeness (QED) is 0.668. The standard InChI is InChI=1S/C13H17N5O2S/c1-17-15-16-18(21-17)7-2-8-20-11-4-5-12-10(9-11)3-6-13(19)14-12/h4-5,9H,2-3,6-8H2,1H3,(H,14,19). The minimum Gasteiger partial charge on any atom is -0.494 e. The second-order valence-electron chi connectivity index (χ2n) is 4.87. The van der Waals surface area contributed by atoms with E-state index in [2.05, 4.69) is 15.8 Å². The molecule has 2 aliphatic heterocycles. The number of rotatable bonds is 5. The van der Waals surface area contributed by atoms with Crippen molar-refractivity contribution >= 4 is 23.7 Å². The Balaban J connectivity index is 1.45. The molecular weight excluding hydrogens is 290 g/mol. The molecule has 0 saturated heterocycles. The molecule has 0 radical (unpaired) electrons. The van der Waals surface area contributed by atoms with Crippen LogP contribution in [0.5, 0.6) is 5.75 Å². The van der Waals surface area contributed by atoms with Gasteiger partial charge in [-0.3, -0.25) is 4.79 Å². The predicted octanol–water partition coefficient (Wildman–Crippen LogP) is 2.43. The van der Waals surface area contributed by atoms with E-state index in [1.54, 1.807) is 4.41 Å². The molecule has 1 aromatic carbocycles. The van der Waals surface area contributed by atoms with Crippen LogP contribution in [0.1, 0.15) is 18.4 Å². The van der Waals surface area contributed by atoms with Gasteiger partial charge in [0.25, 0.3) is 0 Å². The van der Waals surface area contributed by atoms with E-state index in [4.69, 9.17) is 4.74 Å². The molecule has 0 fully saturated rings. The van der Waals surface area contributed by atoms with Gasteiger partial charge in [0.15, 0.2) is 0 Å². The first-order valence-corrected chi connectivity index (χ1v) is 7.60. The Hall–Kier alpha value is -1.96. The summed E-state index contributed by atoms with van der Waals surface area (Å²) >= 11 is 1.47. The van der Waals surface area contributed by atoms with Crippen molar-refractivity contribution in [3.05, 3.63) is 23.8 Å². The summed E-state index contributed by atoms with van der Waals surface area (Å²) in [6.45, 7) is 1.42. The molecule has 2 aliphatic rings. The second kappa shape index (κ2) is 6.21. The zero-order chi connectivity index (χ0) is 14.7. The summed E-state index contributed by atoms with van der Waals surface area (Å²) in [7, 11) is 1.86. The summed E-state index contributed by atoms with van der Waals surface area (Å²) in [4.78, 5) is 11.3. The molecule has 1 N–H and O–H groups in total. The molecule has 0 spiro atoms. The number of anilines is 1. The fourth-order valence-electron chi connectivity index (χ4n) is 2.19. The van der Waals surface area contributed by atoms with Gasteiger partial charge in [-0.05, 0) is 40.6 Å². The van der Waals surface area contributed by atoms with E-state index in [0.717, 1.165) is 36.4 Å². The minimum absolute atomic E-state index is 0.0819. The number of hydrogen-bond donors (Lipinski definition) is 1. The molecule has 0 saturated carbocycles. The van der Waals surface area contributed by atoms with Crippen molar-refractivity contribution in [2.24, 2.45) is 10.4 Å². The van der Waals surface area contributed by atoms with Crippen molar-refractivity contribution in [1.82, 2.24) is 8.83 Å². The van der Waals surface area contributed by atoms with Crippen LogP contribution in [0.4, 0.5) is 5.69 Å². The van der Waals surface area contributed by atoms with E-state index < -0.39 is 0 Å². The number of aryl methyl sites for hydroxylation is 1. The maximum atomic E-state index is 11.3. The van der Waals surface area contributed by atoms with Gasteiger partial charge in [-0.1, -0.05) is 0 Å². The maximum absolute atomic E-state index is 11.3. The highest BCUT2D eigenvalue weighted by Gasteiger charge is 2.15. The van der Waals surface area contributed by atoms with Crippen LogP contribution in [0.15, 0.2) is 28.6 Å². The Bertz CT molecular complexity index is 565. The van der Waals surface area contributed by atoms with E-state index in [1.807, 2.05) is 29.7 Å². The van der Waals surface area contributed by atoms with Crippen LogP contribution in [-0.2, 0) is 11.2 Å². The minimum atomic E-state index is 0.0819. The molecule has 8 heteroatoms. The van der Waals surface area contributed by atoms with E-state index in [1.165, 1.54) is 12.1 Å². The van der Waals surface area contributed by atoms with Gasteiger partial charge in [0.2, 0.25) is 5.91 Å². The Kier molecular flexibility index (Phi) is 4.14. The normalized spacial score (nSPS) is 16.9. The van der Waals surface area contributed by atoms with Gasteiger partial charge >= 0.3 is 0 Å². The first kappa shape index (κ1) is 14.0. The van der Waals surface area contributed by atoms with Gasteiger partial charge in [-0.15, -0.1) is 0 Å². The molecule has 1 amide bonds. The fraction of sp³-hybridized carbons (Fsp3) is 0.462. The highest BCUT2D eigenvalue weighted by atomic mass is 32.2. The number of carbonyl (C=O) groups excluding carboxylic acids is 1.